The second-order valence-electron chi connectivity index (χ2n) is 4.93. The fourth-order valence-corrected chi connectivity index (χ4v) is 4.49. The minimum absolute atomic E-state index is 0.0528. The third kappa shape index (κ3) is 2.76. The average Bonchev–Trinajstić information content (AvgIpc) is 2.88. The van der Waals surface area contributed by atoms with Crippen LogP contribution in [-0.4, -0.2) is 29.8 Å². The van der Waals surface area contributed by atoms with Crippen molar-refractivity contribution in [3.63, 3.8) is 0 Å². The molecule has 0 fully saturated rings. The Hall–Kier alpha value is -2.50. The second-order valence-corrected chi connectivity index (χ2v) is 7.01. The maximum absolute atomic E-state index is 12.5. The Morgan fingerprint density at radius 2 is 1.83 bits per heavy atom. The summed E-state index contributed by atoms with van der Waals surface area (Å²) < 4.78 is 2.71. The molecule has 3 aromatic rings. The van der Waals surface area contributed by atoms with Gasteiger partial charge in [0.1, 0.15) is 0 Å². The maximum atomic E-state index is 12.5. The monoisotopic (exact) mass is 376 g/mol. The third-order valence-corrected chi connectivity index (χ3v) is 5.56. The summed E-state index contributed by atoms with van der Waals surface area (Å²) in [4.78, 5) is 34.6. The fraction of sp³-hybridized carbons (Fsp3) is 0.125. The summed E-state index contributed by atoms with van der Waals surface area (Å²) in [6.45, 7) is 2.53. The Balaban J connectivity index is 2.00. The molecule has 0 saturated carbocycles. The first kappa shape index (κ1) is 15.4. The summed E-state index contributed by atoms with van der Waals surface area (Å²) in [5.41, 5.74) is 1.70. The number of aromatic nitrogens is 1. The number of benzene rings is 2. The molecular formula is C16H12N2O4Se. The van der Waals surface area contributed by atoms with Crippen LogP contribution in [-0.2, 0) is 6.54 Å². The molecule has 3 rings (SSSR count). The van der Waals surface area contributed by atoms with Crippen molar-refractivity contribution in [1.82, 2.24) is 4.57 Å². The van der Waals surface area contributed by atoms with Gasteiger partial charge in [0, 0.05) is 0 Å². The first-order chi connectivity index (χ1) is 11.0. The van der Waals surface area contributed by atoms with E-state index in [2.05, 4.69) is 0 Å². The zero-order valence-corrected chi connectivity index (χ0v) is 13.9. The van der Waals surface area contributed by atoms with Crippen LogP contribution in [0.5, 0.6) is 0 Å². The first-order valence-corrected chi connectivity index (χ1v) is 8.65. The SMILES string of the molecule is CCn1c(=O)[se]c2cc(C(=O)c3ccc([N+](=O)[O-])cc3)ccc21. The molecule has 6 nitrogen and oxygen atoms in total. The predicted octanol–water partition coefficient (Wildman–Crippen LogP) is 2.22. The van der Waals surface area contributed by atoms with Gasteiger partial charge in [-0.2, -0.15) is 0 Å². The van der Waals surface area contributed by atoms with Crippen LogP contribution in [0.25, 0.3) is 9.78 Å². The van der Waals surface area contributed by atoms with Gasteiger partial charge >= 0.3 is 136 Å². The van der Waals surface area contributed by atoms with Crippen LogP contribution in [0.1, 0.15) is 22.8 Å². The Morgan fingerprint density at radius 1 is 1.17 bits per heavy atom. The number of nitro groups is 1. The molecule has 0 atom stereocenters. The van der Waals surface area contributed by atoms with Gasteiger partial charge < -0.3 is 0 Å². The van der Waals surface area contributed by atoms with E-state index in [4.69, 9.17) is 0 Å². The van der Waals surface area contributed by atoms with Crippen molar-refractivity contribution in [2.45, 2.75) is 13.5 Å². The molecule has 0 saturated heterocycles. The van der Waals surface area contributed by atoms with E-state index in [1.165, 1.54) is 24.3 Å². The molecule has 0 radical (unpaired) electrons. The van der Waals surface area contributed by atoms with Crippen LogP contribution < -0.4 is 4.43 Å². The van der Waals surface area contributed by atoms with Crippen molar-refractivity contribution in [2.24, 2.45) is 0 Å². The van der Waals surface area contributed by atoms with Gasteiger partial charge in [0.05, 0.1) is 0 Å². The molecule has 0 aliphatic rings. The van der Waals surface area contributed by atoms with E-state index in [1.807, 2.05) is 6.92 Å². The van der Waals surface area contributed by atoms with Gasteiger partial charge in [-0.05, 0) is 0 Å². The zero-order chi connectivity index (χ0) is 16.6. The zero-order valence-electron chi connectivity index (χ0n) is 12.2. The molecule has 0 N–H and O–H groups in total. The van der Waals surface area contributed by atoms with Crippen LogP contribution >= 0.6 is 0 Å². The summed E-state index contributed by atoms with van der Waals surface area (Å²) in [5.74, 6) is -0.208. The molecule has 0 aliphatic carbocycles. The topological polar surface area (TPSA) is 82.2 Å². The van der Waals surface area contributed by atoms with Gasteiger partial charge in [0.2, 0.25) is 0 Å². The van der Waals surface area contributed by atoms with E-state index < -0.39 is 4.92 Å². The molecule has 0 aliphatic heterocycles. The van der Waals surface area contributed by atoms with Gasteiger partial charge in [-0.3, -0.25) is 0 Å². The number of fused-ring (bicyclic) bond motifs is 1. The summed E-state index contributed by atoms with van der Waals surface area (Å²) >= 11 is -0.308. The normalized spacial score (nSPS) is 10.8. The first-order valence-electron chi connectivity index (χ1n) is 6.94. The third-order valence-electron chi connectivity index (χ3n) is 3.59. The molecule has 116 valence electrons. The number of carbonyl (C=O) groups excluding carboxylic acids is 1. The Morgan fingerprint density at radius 3 is 2.43 bits per heavy atom. The number of nitrogens with zero attached hydrogens (tertiary/aromatic N) is 2. The molecule has 0 amide bonds. The van der Waals surface area contributed by atoms with Crippen LogP contribution in [0.3, 0.4) is 0 Å². The van der Waals surface area contributed by atoms with Gasteiger partial charge in [-0.25, -0.2) is 0 Å². The number of hydrogen-bond donors (Lipinski definition) is 0. The summed E-state index contributed by atoms with van der Waals surface area (Å²) in [6.07, 6.45) is 0. The van der Waals surface area contributed by atoms with E-state index in [9.17, 15) is 19.7 Å². The quantitative estimate of drug-likeness (QED) is 0.303. The van der Waals surface area contributed by atoms with Crippen molar-refractivity contribution in [3.05, 3.63) is 72.9 Å². The molecule has 0 bridgehead atoms. The summed E-state index contributed by atoms with van der Waals surface area (Å²) in [5, 5.41) is 10.7. The van der Waals surface area contributed by atoms with Crippen molar-refractivity contribution < 1.29 is 9.72 Å². The number of rotatable bonds is 4. The molecule has 23 heavy (non-hydrogen) atoms. The number of carbonyl (C=O) groups is 1. The van der Waals surface area contributed by atoms with Crippen LogP contribution in [0.15, 0.2) is 47.3 Å². The number of aryl methyl sites for hydroxylation is 1. The molecule has 0 unspecified atom stereocenters. The molecule has 2 aromatic carbocycles. The number of non-ortho nitro benzene ring substituents is 1. The molecule has 1 heterocycles. The number of ketones is 1. The van der Waals surface area contributed by atoms with Crippen LogP contribution in [0.2, 0.25) is 0 Å². The number of nitro benzene ring substituents is 1. The van der Waals surface area contributed by atoms with Crippen molar-refractivity contribution in [2.75, 3.05) is 0 Å². The van der Waals surface area contributed by atoms with E-state index >= 15 is 0 Å². The van der Waals surface area contributed by atoms with Gasteiger partial charge in [-0.15, -0.1) is 0 Å². The van der Waals surface area contributed by atoms with E-state index in [0.717, 1.165) is 9.78 Å². The second kappa shape index (κ2) is 5.95. The van der Waals surface area contributed by atoms with Crippen molar-refractivity contribution in [3.8, 4) is 0 Å². The van der Waals surface area contributed by atoms with Crippen molar-refractivity contribution >= 4 is 35.8 Å². The fourth-order valence-electron chi connectivity index (χ4n) is 2.41. The van der Waals surface area contributed by atoms with E-state index in [1.54, 1.807) is 22.8 Å². The van der Waals surface area contributed by atoms with Gasteiger partial charge in [0.25, 0.3) is 0 Å². The standard InChI is InChI=1S/C16H12N2O4Se/c1-2-17-13-8-5-11(9-14(13)23-16(17)20)15(19)10-3-6-12(7-4-10)18(21)22/h3-9H,2H2,1H3. The molecule has 0 spiro atoms. The summed E-state index contributed by atoms with van der Waals surface area (Å²) in [6, 6.07) is 10.8. The molecular weight excluding hydrogens is 363 g/mol. The minimum atomic E-state index is -0.503. The Bertz CT molecular complexity index is 970. The predicted molar refractivity (Wildman–Crippen MR) is 87.4 cm³/mol. The summed E-state index contributed by atoms with van der Waals surface area (Å²) in [7, 11) is 0. The Labute approximate surface area is 136 Å². The van der Waals surface area contributed by atoms with Crippen LogP contribution in [0, 0.1) is 10.1 Å². The van der Waals surface area contributed by atoms with E-state index in [-0.39, 0.29) is 30.4 Å². The molecule has 1 aromatic heterocycles. The number of hydrogen-bond acceptors (Lipinski definition) is 4. The van der Waals surface area contributed by atoms with Crippen molar-refractivity contribution in [1.29, 1.82) is 0 Å². The average molecular weight is 375 g/mol. The Kier molecular flexibility index (Phi) is 3.98. The van der Waals surface area contributed by atoms with Crippen LogP contribution in [0.4, 0.5) is 5.69 Å². The van der Waals surface area contributed by atoms with Gasteiger partial charge in [0.15, 0.2) is 0 Å². The van der Waals surface area contributed by atoms with E-state index in [0.29, 0.717) is 17.7 Å². The van der Waals surface area contributed by atoms with Gasteiger partial charge in [-0.1, -0.05) is 0 Å². The molecule has 7 heteroatoms.